The number of aromatic nitrogens is 5. The minimum absolute atomic E-state index is 0.0564. The molecule has 0 unspecified atom stereocenters. The zero-order valence-electron chi connectivity index (χ0n) is 20.2. The van der Waals surface area contributed by atoms with Crippen molar-refractivity contribution in [1.29, 1.82) is 0 Å². The van der Waals surface area contributed by atoms with Crippen molar-refractivity contribution in [1.82, 2.24) is 30.1 Å². The first-order valence-electron chi connectivity index (χ1n) is 11.8. The maximum Gasteiger partial charge on any atom is 0.327 e. The molecule has 184 valence electrons. The smallest absolute Gasteiger partial charge is 0.327 e. The molecule has 35 heavy (non-hydrogen) atoms. The molecule has 0 spiro atoms. The van der Waals surface area contributed by atoms with Crippen molar-refractivity contribution < 1.29 is 9.53 Å². The van der Waals surface area contributed by atoms with E-state index in [0.29, 0.717) is 31.1 Å². The lowest BCUT2D eigenvalue weighted by atomic mass is 10.1. The van der Waals surface area contributed by atoms with Crippen LogP contribution in [-0.4, -0.2) is 42.7 Å². The highest BCUT2D eigenvalue weighted by molar-refractivity contribution is 7.09. The number of carbonyl (C=O) groups excluding carboxylic acids is 1. The van der Waals surface area contributed by atoms with E-state index in [1.54, 1.807) is 18.3 Å². The molecule has 3 heterocycles. The number of nitrogens with one attached hydrogen (secondary N) is 1. The van der Waals surface area contributed by atoms with Gasteiger partial charge >= 0.3 is 5.97 Å². The number of pyridine rings is 1. The second-order valence-electron chi connectivity index (χ2n) is 8.50. The molecule has 0 aliphatic rings. The van der Waals surface area contributed by atoms with Crippen LogP contribution in [-0.2, 0) is 29.2 Å². The summed E-state index contributed by atoms with van der Waals surface area (Å²) in [7, 11) is 0. The number of aryl methyl sites for hydroxylation is 1. The fraction of sp³-hybridized carbons (Fsp3) is 0.400. The minimum atomic E-state index is -0.387. The van der Waals surface area contributed by atoms with Crippen molar-refractivity contribution in [2.75, 3.05) is 6.61 Å². The van der Waals surface area contributed by atoms with E-state index >= 15 is 0 Å². The summed E-state index contributed by atoms with van der Waals surface area (Å²) < 4.78 is 6.61. The summed E-state index contributed by atoms with van der Waals surface area (Å²) in [6, 6.07) is 11.9. The van der Waals surface area contributed by atoms with E-state index in [9.17, 15) is 9.59 Å². The van der Waals surface area contributed by atoms with Crippen LogP contribution < -0.4 is 5.56 Å². The standard InChI is InChI=1S/C25H30N6O3S/c1-4-7-22(24-27-28-29-31(24)16-23(32)34-5-2)30(15-20-8-6-11-35-20)14-19-13-18-10-9-17(3)12-21(18)26-25(19)33/h6,8-13,22H,4-5,7,14-16H2,1-3H3,(H,26,33)/t22-/m1/s1. The van der Waals surface area contributed by atoms with Crippen molar-refractivity contribution in [3.63, 3.8) is 0 Å². The molecular formula is C25H30N6O3S. The van der Waals surface area contributed by atoms with Crippen LogP contribution in [0, 0.1) is 6.92 Å². The van der Waals surface area contributed by atoms with Gasteiger partial charge in [0.05, 0.1) is 12.6 Å². The molecule has 0 aliphatic heterocycles. The van der Waals surface area contributed by atoms with Crippen LogP contribution in [0.25, 0.3) is 10.9 Å². The number of hydrogen-bond acceptors (Lipinski definition) is 8. The Morgan fingerprint density at radius 1 is 1.23 bits per heavy atom. The number of ether oxygens (including phenoxy) is 1. The summed E-state index contributed by atoms with van der Waals surface area (Å²) >= 11 is 1.66. The van der Waals surface area contributed by atoms with Gasteiger partial charge in [0.25, 0.3) is 5.56 Å². The lowest BCUT2D eigenvalue weighted by Gasteiger charge is -2.30. The van der Waals surface area contributed by atoms with E-state index in [1.807, 2.05) is 42.6 Å². The number of aromatic amines is 1. The Bertz CT molecular complexity index is 1330. The third kappa shape index (κ3) is 6.01. The number of carbonyl (C=O) groups is 1. The zero-order chi connectivity index (χ0) is 24.8. The Hall–Kier alpha value is -3.37. The molecular weight excluding hydrogens is 464 g/mol. The highest BCUT2D eigenvalue weighted by atomic mass is 32.1. The van der Waals surface area contributed by atoms with E-state index in [-0.39, 0.29) is 24.1 Å². The molecule has 4 rings (SSSR count). The molecule has 9 nitrogen and oxygen atoms in total. The minimum Gasteiger partial charge on any atom is -0.465 e. The SMILES string of the molecule is CCC[C@H](c1nnnn1CC(=O)OCC)N(Cc1cccs1)Cc1cc2ccc(C)cc2[nH]c1=O. The van der Waals surface area contributed by atoms with Crippen LogP contribution in [0.5, 0.6) is 0 Å². The quantitative estimate of drug-likeness (QED) is 0.314. The number of fused-ring (bicyclic) bond motifs is 1. The molecule has 4 aromatic rings. The third-order valence-electron chi connectivity index (χ3n) is 5.84. The second-order valence-corrected chi connectivity index (χ2v) is 9.54. The molecule has 3 aromatic heterocycles. The summed E-state index contributed by atoms with van der Waals surface area (Å²) in [5, 5.41) is 15.2. The van der Waals surface area contributed by atoms with Crippen molar-refractivity contribution >= 4 is 28.2 Å². The van der Waals surface area contributed by atoms with Crippen LogP contribution in [0.15, 0.2) is 46.6 Å². The predicted molar refractivity (Wildman–Crippen MR) is 135 cm³/mol. The van der Waals surface area contributed by atoms with E-state index in [0.717, 1.165) is 29.3 Å². The number of H-pyrrole nitrogens is 1. The fourth-order valence-electron chi connectivity index (χ4n) is 4.22. The molecule has 0 saturated heterocycles. The molecule has 1 atom stereocenters. The summed E-state index contributed by atoms with van der Waals surface area (Å²) in [6.45, 7) is 7.14. The van der Waals surface area contributed by atoms with E-state index < -0.39 is 0 Å². The third-order valence-corrected chi connectivity index (χ3v) is 6.70. The Morgan fingerprint density at radius 2 is 2.09 bits per heavy atom. The molecule has 0 amide bonds. The monoisotopic (exact) mass is 494 g/mol. The van der Waals surface area contributed by atoms with Gasteiger partial charge in [-0.15, -0.1) is 16.4 Å². The summed E-state index contributed by atoms with van der Waals surface area (Å²) in [5.74, 6) is 0.201. The highest BCUT2D eigenvalue weighted by Gasteiger charge is 2.28. The summed E-state index contributed by atoms with van der Waals surface area (Å²) in [5.41, 5.74) is 2.48. The Kier molecular flexibility index (Phi) is 8.04. The lowest BCUT2D eigenvalue weighted by Crippen LogP contribution is -2.33. The van der Waals surface area contributed by atoms with E-state index in [4.69, 9.17) is 4.74 Å². The second kappa shape index (κ2) is 11.4. The Morgan fingerprint density at radius 3 is 2.83 bits per heavy atom. The van der Waals surface area contributed by atoms with Gasteiger partial charge in [-0.25, -0.2) is 4.68 Å². The maximum atomic E-state index is 13.0. The molecule has 0 radical (unpaired) electrons. The van der Waals surface area contributed by atoms with Crippen LogP contribution in [0.1, 0.15) is 54.6 Å². The number of rotatable bonds is 11. The van der Waals surface area contributed by atoms with Gasteiger partial charge in [0.2, 0.25) is 0 Å². The van der Waals surface area contributed by atoms with Crippen LogP contribution >= 0.6 is 11.3 Å². The van der Waals surface area contributed by atoms with Gasteiger partial charge in [-0.05, 0) is 65.2 Å². The predicted octanol–water partition coefficient (Wildman–Crippen LogP) is 3.99. The average molecular weight is 495 g/mol. The zero-order valence-corrected chi connectivity index (χ0v) is 21.0. The molecule has 0 saturated carbocycles. The molecule has 0 aliphatic carbocycles. The number of thiophene rings is 1. The first kappa shape index (κ1) is 24.7. The number of hydrogen-bond donors (Lipinski definition) is 1. The molecule has 1 aromatic carbocycles. The topological polar surface area (TPSA) is 106 Å². The van der Waals surface area contributed by atoms with Gasteiger partial charge < -0.3 is 9.72 Å². The molecule has 0 bridgehead atoms. The number of benzene rings is 1. The first-order valence-corrected chi connectivity index (χ1v) is 12.7. The van der Waals surface area contributed by atoms with Crippen molar-refractivity contribution in [3.05, 3.63) is 74.0 Å². The number of tetrazole rings is 1. The summed E-state index contributed by atoms with van der Waals surface area (Å²) in [4.78, 5) is 31.6. The van der Waals surface area contributed by atoms with Gasteiger partial charge in [-0.3, -0.25) is 14.5 Å². The number of esters is 1. The molecule has 10 heteroatoms. The van der Waals surface area contributed by atoms with Crippen LogP contribution in [0.3, 0.4) is 0 Å². The molecule has 1 N–H and O–H groups in total. The summed E-state index contributed by atoms with van der Waals surface area (Å²) in [6.07, 6.45) is 1.64. The van der Waals surface area contributed by atoms with Crippen molar-refractivity contribution in [2.24, 2.45) is 0 Å². The first-order chi connectivity index (χ1) is 17.0. The number of nitrogens with zero attached hydrogens (tertiary/aromatic N) is 5. The van der Waals surface area contributed by atoms with Gasteiger partial charge in [0.15, 0.2) is 5.82 Å². The van der Waals surface area contributed by atoms with Crippen molar-refractivity contribution in [2.45, 2.75) is 59.3 Å². The normalized spacial score (nSPS) is 12.3. The van der Waals surface area contributed by atoms with Crippen LogP contribution in [0.2, 0.25) is 0 Å². The Labute approximate surface area is 207 Å². The van der Waals surface area contributed by atoms with Crippen LogP contribution in [0.4, 0.5) is 0 Å². The van der Waals surface area contributed by atoms with Gasteiger partial charge in [-0.1, -0.05) is 31.5 Å². The van der Waals surface area contributed by atoms with Crippen molar-refractivity contribution in [3.8, 4) is 0 Å². The largest absolute Gasteiger partial charge is 0.465 e. The molecule has 0 fully saturated rings. The van der Waals surface area contributed by atoms with Gasteiger partial charge in [0.1, 0.15) is 6.54 Å². The Balaban J connectivity index is 1.71. The van der Waals surface area contributed by atoms with E-state index in [1.165, 1.54) is 9.56 Å². The fourth-order valence-corrected chi connectivity index (χ4v) is 4.94. The van der Waals surface area contributed by atoms with E-state index in [2.05, 4.69) is 38.4 Å². The van der Waals surface area contributed by atoms with Gasteiger partial charge in [-0.2, -0.15) is 0 Å². The highest BCUT2D eigenvalue weighted by Crippen LogP contribution is 2.29. The average Bonchev–Trinajstić information content (AvgIpc) is 3.50. The maximum absolute atomic E-state index is 13.0. The lowest BCUT2D eigenvalue weighted by molar-refractivity contribution is -0.144. The van der Waals surface area contributed by atoms with Gasteiger partial charge in [0, 0.05) is 29.0 Å².